The second-order valence-corrected chi connectivity index (χ2v) is 6.12. The van der Waals surface area contributed by atoms with Crippen LogP contribution in [0.25, 0.3) is 0 Å². The van der Waals surface area contributed by atoms with Crippen LogP contribution >= 0.6 is 24.8 Å². The van der Waals surface area contributed by atoms with Gasteiger partial charge < -0.3 is 14.9 Å². The summed E-state index contributed by atoms with van der Waals surface area (Å²) in [6.45, 7) is 4.47. The highest BCUT2D eigenvalue weighted by Gasteiger charge is 2.17. The zero-order valence-corrected chi connectivity index (χ0v) is 14.8. The first-order valence-corrected chi connectivity index (χ1v) is 8.17. The number of benzene rings is 1. The average molecular weight is 347 g/mol. The molecular weight excluding hydrogens is 319 g/mol. The molecule has 0 aromatic heterocycles. The molecule has 2 saturated heterocycles. The van der Waals surface area contributed by atoms with Crippen LogP contribution in [0.2, 0.25) is 0 Å². The molecule has 0 aliphatic carbocycles. The summed E-state index contributed by atoms with van der Waals surface area (Å²) in [6.07, 6.45) is 9.07. The van der Waals surface area contributed by atoms with Crippen molar-refractivity contribution < 1.29 is 5.11 Å². The zero-order chi connectivity index (χ0) is 13.8. The van der Waals surface area contributed by atoms with Crippen molar-refractivity contribution in [2.24, 2.45) is 0 Å². The van der Waals surface area contributed by atoms with Gasteiger partial charge >= 0.3 is 0 Å². The van der Waals surface area contributed by atoms with E-state index in [1.807, 2.05) is 6.07 Å². The Morgan fingerprint density at radius 1 is 0.682 bits per heavy atom. The number of piperidine rings is 1. The number of phenols is 1. The fourth-order valence-corrected chi connectivity index (χ4v) is 3.43. The number of phenolic OH excluding ortho intramolecular Hbond substituents is 1. The highest BCUT2D eigenvalue weighted by molar-refractivity contribution is 5.85. The van der Waals surface area contributed by atoms with Gasteiger partial charge in [0.05, 0.1) is 5.69 Å². The van der Waals surface area contributed by atoms with Crippen LogP contribution in [0.15, 0.2) is 18.2 Å². The van der Waals surface area contributed by atoms with Gasteiger partial charge in [0.15, 0.2) is 0 Å². The minimum atomic E-state index is 0. The SMILES string of the molecule is Cl.Cl.Oc1ccc(N2CCCCC2)cc1N1CCCCCC1. The summed E-state index contributed by atoms with van der Waals surface area (Å²) in [7, 11) is 0. The minimum absolute atomic E-state index is 0. The van der Waals surface area contributed by atoms with Crippen molar-refractivity contribution in [3.8, 4) is 5.75 Å². The monoisotopic (exact) mass is 346 g/mol. The number of aromatic hydroxyl groups is 1. The summed E-state index contributed by atoms with van der Waals surface area (Å²) >= 11 is 0. The van der Waals surface area contributed by atoms with E-state index in [0.717, 1.165) is 31.9 Å². The maximum absolute atomic E-state index is 10.2. The fourth-order valence-electron chi connectivity index (χ4n) is 3.43. The summed E-state index contributed by atoms with van der Waals surface area (Å²) in [4.78, 5) is 4.83. The van der Waals surface area contributed by atoms with Gasteiger partial charge in [0.25, 0.3) is 0 Å². The molecule has 2 heterocycles. The van der Waals surface area contributed by atoms with Gasteiger partial charge in [0.1, 0.15) is 5.75 Å². The molecule has 0 bridgehead atoms. The summed E-state index contributed by atoms with van der Waals surface area (Å²) in [5, 5.41) is 10.2. The minimum Gasteiger partial charge on any atom is -0.506 e. The average Bonchev–Trinajstić information content (AvgIpc) is 2.78. The molecule has 22 heavy (non-hydrogen) atoms. The second kappa shape index (κ2) is 9.36. The van der Waals surface area contributed by atoms with Crippen LogP contribution in [-0.4, -0.2) is 31.3 Å². The third kappa shape index (κ3) is 4.60. The summed E-state index contributed by atoms with van der Waals surface area (Å²) < 4.78 is 0. The molecule has 0 amide bonds. The molecule has 2 aliphatic heterocycles. The second-order valence-electron chi connectivity index (χ2n) is 6.12. The molecule has 126 valence electrons. The van der Waals surface area contributed by atoms with Crippen LogP contribution in [-0.2, 0) is 0 Å². The van der Waals surface area contributed by atoms with Gasteiger partial charge in [-0.2, -0.15) is 0 Å². The number of hydrogen-bond acceptors (Lipinski definition) is 3. The Bertz CT molecular complexity index is 442. The fraction of sp³-hybridized carbons (Fsp3) is 0.647. The molecular formula is C17H28Cl2N2O. The van der Waals surface area contributed by atoms with Gasteiger partial charge in [0, 0.05) is 31.9 Å². The zero-order valence-electron chi connectivity index (χ0n) is 13.2. The Labute approximate surface area is 146 Å². The molecule has 5 heteroatoms. The lowest BCUT2D eigenvalue weighted by Crippen LogP contribution is -2.30. The van der Waals surface area contributed by atoms with E-state index in [2.05, 4.69) is 21.9 Å². The molecule has 0 unspecified atom stereocenters. The van der Waals surface area contributed by atoms with Gasteiger partial charge in [-0.05, 0) is 50.3 Å². The largest absolute Gasteiger partial charge is 0.506 e. The van der Waals surface area contributed by atoms with Gasteiger partial charge in [0.2, 0.25) is 0 Å². The Kier molecular flexibility index (Phi) is 8.19. The van der Waals surface area contributed by atoms with Crippen LogP contribution in [0.5, 0.6) is 5.75 Å². The lowest BCUT2D eigenvalue weighted by molar-refractivity contribution is 0.473. The summed E-state index contributed by atoms with van der Waals surface area (Å²) in [5.74, 6) is 0.438. The number of hydrogen-bond donors (Lipinski definition) is 1. The quantitative estimate of drug-likeness (QED) is 0.847. The van der Waals surface area contributed by atoms with Crippen LogP contribution in [0, 0.1) is 0 Å². The molecule has 0 radical (unpaired) electrons. The maximum atomic E-state index is 10.2. The van der Waals surface area contributed by atoms with E-state index >= 15 is 0 Å². The van der Waals surface area contributed by atoms with Crippen molar-refractivity contribution in [2.45, 2.75) is 44.9 Å². The van der Waals surface area contributed by atoms with Crippen molar-refractivity contribution in [1.29, 1.82) is 0 Å². The van der Waals surface area contributed by atoms with Crippen molar-refractivity contribution in [3.05, 3.63) is 18.2 Å². The van der Waals surface area contributed by atoms with E-state index < -0.39 is 0 Å². The molecule has 0 atom stereocenters. The van der Waals surface area contributed by atoms with E-state index in [9.17, 15) is 5.11 Å². The van der Waals surface area contributed by atoms with E-state index in [1.165, 1.54) is 50.6 Å². The molecule has 3 nitrogen and oxygen atoms in total. The van der Waals surface area contributed by atoms with Crippen molar-refractivity contribution in [2.75, 3.05) is 36.0 Å². The predicted octanol–water partition coefficient (Wildman–Crippen LogP) is 4.61. The Hall–Kier alpha value is -0.800. The number of rotatable bonds is 2. The lowest BCUT2D eigenvalue weighted by Gasteiger charge is -2.31. The Morgan fingerprint density at radius 2 is 1.18 bits per heavy atom. The van der Waals surface area contributed by atoms with E-state index in [0.29, 0.717) is 5.75 Å². The van der Waals surface area contributed by atoms with Gasteiger partial charge in [-0.3, -0.25) is 0 Å². The summed E-state index contributed by atoms with van der Waals surface area (Å²) in [5.41, 5.74) is 2.32. The van der Waals surface area contributed by atoms with E-state index in [-0.39, 0.29) is 24.8 Å². The van der Waals surface area contributed by atoms with Crippen molar-refractivity contribution >= 4 is 36.2 Å². The third-order valence-electron chi connectivity index (χ3n) is 4.63. The first-order valence-electron chi connectivity index (χ1n) is 8.17. The number of anilines is 2. The van der Waals surface area contributed by atoms with Gasteiger partial charge in [-0.15, -0.1) is 24.8 Å². The highest BCUT2D eigenvalue weighted by Crippen LogP contribution is 2.34. The Morgan fingerprint density at radius 3 is 1.77 bits per heavy atom. The third-order valence-corrected chi connectivity index (χ3v) is 4.63. The Balaban J connectivity index is 0.00000121. The van der Waals surface area contributed by atoms with Gasteiger partial charge in [-0.1, -0.05) is 12.8 Å². The molecule has 1 N–H and O–H groups in total. The number of nitrogens with zero attached hydrogens (tertiary/aromatic N) is 2. The highest BCUT2D eigenvalue weighted by atomic mass is 35.5. The van der Waals surface area contributed by atoms with Gasteiger partial charge in [-0.25, -0.2) is 0 Å². The first kappa shape index (κ1) is 19.2. The topological polar surface area (TPSA) is 26.7 Å². The lowest BCUT2D eigenvalue weighted by atomic mass is 10.1. The van der Waals surface area contributed by atoms with Crippen molar-refractivity contribution in [1.82, 2.24) is 0 Å². The van der Waals surface area contributed by atoms with Crippen LogP contribution < -0.4 is 9.80 Å². The van der Waals surface area contributed by atoms with Crippen LogP contribution in [0.4, 0.5) is 11.4 Å². The molecule has 2 aliphatic rings. The molecule has 3 rings (SSSR count). The normalized spacial score (nSPS) is 18.9. The maximum Gasteiger partial charge on any atom is 0.139 e. The van der Waals surface area contributed by atoms with E-state index in [1.54, 1.807) is 0 Å². The standard InChI is InChI=1S/C17H26N2O.2ClH/c20-17-9-8-15(18-10-6-3-7-11-18)14-16(17)19-12-4-1-2-5-13-19;;/h8-9,14,20H,1-7,10-13H2;2*1H. The molecule has 0 spiro atoms. The molecule has 1 aromatic rings. The molecule has 0 saturated carbocycles. The van der Waals surface area contributed by atoms with E-state index in [4.69, 9.17) is 0 Å². The number of halogens is 2. The first-order chi connectivity index (χ1) is 9.84. The van der Waals surface area contributed by atoms with Crippen LogP contribution in [0.1, 0.15) is 44.9 Å². The molecule has 2 fully saturated rings. The predicted molar refractivity (Wildman–Crippen MR) is 99.3 cm³/mol. The van der Waals surface area contributed by atoms with Crippen molar-refractivity contribution in [3.63, 3.8) is 0 Å². The summed E-state index contributed by atoms with van der Waals surface area (Å²) in [6, 6.07) is 6.15. The smallest absolute Gasteiger partial charge is 0.139 e. The van der Waals surface area contributed by atoms with Crippen LogP contribution in [0.3, 0.4) is 0 Å². The molecule has 1 aromatic carbocycles.